The van der Waals surface area contributed by atoms with Crippen molar-refractivity contribution in [2.24, 2.45) is 0 Å². The number of benzene rings is 1. The Balaban J connectivity index is 1.47. The minimum atomic E-state index is -0.292. The average molecular weight is 350 g/mol. The number of hydrogen-bond donors (Lipinski definition) is 2. The number of ether oxygens (including phenoxy) is 1. The van der Waals surface area contributed by atoms with Gasteiger partial charge in [0.1, 0.15) is 11.9 Å². The van der Waals surface area contributed by atoms with E-state index in [1.807, 2.05) is 6.92 Å². The molecule has 2 heterocycles. The Hall–Kier alpha value is -1.93. The first-order valence-corrected chi connectivity index (χ1v) is 8.82. The normalized spacial score (nSPS) is 18.5. The lowest BCUT2D eigenvalue weighted by Crippen LogP contribution is -2.28. The van der Waals surface area contributed by atoms with Crippen molar-refractivity contribution in [2.45, 2.75) is 37.1 Å². The van der Waals surface area contributed by atoms with Gasteiger partial charge in [0.2, 0.25) is 11.1 Å². The Morgan fingerprint density at radius 3 is 3.00 bits per heavy atom. The van der Waals surface area contributed by atoms with Crippen LogP contribution in [0.15, 0.2) is 29.4 Å². The molecule has 2 atom stereocenters. The summed E-state index contributed by atoms with van der Waals surface area (Å²) >= 11 is 1.27. The van der Waals surface area contributed by atoms with Gasteiger partial charge in [0, 0.05) is 6.61 Å². The summed E-state index contributed by atoms with van der Waals surface area (Å²) in [5.41, 5.74) is 0.855. The van der Waals surface area contributed by atoms with Crippen molar-refractivity contribution < 1.29 is 13.9 Å². The lowest BCUT2D eigenvalue weighted by atomic mass is 10.1. The third-order valence-corrected chi connectivity index (χ3v) is 4.64. The number of nitrogens with one attached hydrogen (secondary N) is 2. The second-order valence-electron chi connectivity index (χ2n) is 5.63. The van der Waals surface area contributed by atoms with E-state index in [0.717, 1.165) is 30.8 Å². The Morgan fingerprint density at radius 2 is 2.29 bits per heavy atom. The number of aromatic amines is 1. The maximum Gasteiger partial charge on any atom is 0.230 e. The maximum absolute atomic E-state index is 12.9. The van der Waals surface area contributed by atoms with Crippen molar-refractivity contribution in [3.8, 4) is 0 Å². The molecular weight excluding hydrogens is 331 g/mol. The molecule has 24 heavy (non-hydrogen) atoms. The minimum absolute atomic E-state index is 0.0147. The lowest BCUT2D eigenvalue weighted by Gasteiger charge is -2.13. The summed E-state index contributed by atoms with van der Waals surface area (Å²) in [7, 11) is 0. The third kappa shape index (κ3) is 4.33. The van der Waals surface area contributed by atoms with Crippen molar-refractivity contribution in [3.63, 3.8) is 0 Å². The second-order valence-corrected chi connectivity index (χ2v) is 6.58. The van der Waals surface area contributed by atoms with Crippen LogP contribution in [0, 0.1) is 5.82 Å². The van der Waals surface area contributed by atoms with E-state index in [1.54, 1.807) is 12.1 Å². The molecule has 1 aromatic heterocycles. The Bertz CT molecular complexity index is 686. The molecular formula is C16H19FN4O2S. The van der Waals surface area contributed by atoms with Crippen molar-refractivity contribution in [3.05, 3.63) is 41.5 Å². The second kappa shape index (κ2) is 7.76. The van der Waals surface area contributed by atoms with Gasteiger partial charge in [0.05, 0.1) is 11.8 Å². The number of rotatable bonds is 6. The van der Waals surface area contributed by atoms with Crippen molar-refractivity contribution >= 4 is 17.7 Å². The molecule has 3 rings (SSSR count). The molecule has 1 aliphatic rings. The summed E-state index contributed by atoms with van der Waals surface area (Å²) in [6.07, 6.45) is 1.95. The van der Waals surface area contributed by atoms with E-state index in [2.05, 4.69) is 20.5 Å². The summed E-state index contributed by atoms with van der Waals surface area (Å²) in [4.78, 5) is 16.4. The number of aromatic nitrogens is 3. The van der Waals surface area contributed by atoms with Gasteiger partial charge in [-0.3, -0.25) is 9.89 Å². The molecule has 128 valence electrons. The fourth-order valence-corrected chi connectivity index (χ4v) is 3.12. The van der Waals surface area contributed by atoms with Crippen LogP contribution < -0.4 is 5.32 Å². The van der Waals surface area contributed by atoms with Crippen molar-refractivity contribution in [1.82, 2.24) is 20.5 Å². The number of nitrogens with zero attached hydrogens (tertiary/aromatic N) is 2. The highest BCUT2D eigenvalue weighted by atomic mass is 32.2. The first-order valence-electron chi connectivity index (χ1n) is 7.83. The van der Waals surface area contributed by atoms with E-state index in [1.165, 1.54) is 23.9 Å². The van der Waals surface area contributed by atoms with Crippen LogP contribution in [0.1, 0.15) is 43.3 Å². The molecule has 0 radical (unpaired) electrons. The van der Waals surface area contributed by atoms with E-state index in [-0.39, 0.29) is 29.6 Å². The molecule has 2 aromatic rings. The highest BCUT2D eigenvalue weighted by molar-refractivity contribution is 7.99. The van der Waals surface area contributed by atoms with Gasteiger partial charge in [-0.25, -0.2) is 9.37 Å². The van der Waals surface area contributed by atoms with Gasteiger partial charge in [0.25, 0.3) is 0 Å². The van der Waals surface area contributed by atoms with Gasteiger partial charge in [-0.15, -0.1) is 5.10 Å². The molecule has 0 saturated carbocycles. The van der Waals surface area contributed by atoms with Crippen LogP contribution in [0.3, 0.4) is 0 Å². The standard InChI is InChI=1S/C16H19FN4O2S/c1-10(11-4-6-12(17)7-5-11)18-14(22)9-24-16-19-15(20-21-16)13-3-2-8-23-13/h4-7,10,13H,2-3,8-9H2,1H3,(H,18,22)(H,19,20,21)/t10-,13-/m0/s1. The van der Waals surface area contributed by atoms with Crippen LogP contribution in [0.4, 0.5) is 4.39 Å². The highest BCUT2D eigenvalue weighted by Crippen LogP contribution is 2.26. The number of hydrogen-bond acceptors (Lipinski definition) is 5. The number of H-pyrrole nitrogens is 1. The summed E-state index contributed by atoms with van der Waals surface area (Å²) in [6, 6.07) is 5.90. The summed E-state index contributed by atoms with van der Waals surface area (Å²) < 4.78 is 18.5. The monoisotopic (exact) mass is 350 g/mol. The van der Waals surface area contributed by atoms with Crippen LogP contribution in [-0.2, 0) is 9.53 Å². The smallest absolute Gasteiger partial charge is 0.230 e. The van der Waals surface area contributed by atoms with Gasteiger partial charge in [0.15, 0.2) is 5.82 Å². The molecule has 1 aliphatic heterocycles. The van der Waals surface area contributed by atoms with Gasteiger partial charge in [-0.2, -0.15) is 0 Å². The van der Waals surface area contributed by atoms with Crippen molar-refractivity contribution in [1.29, 1.82) is 0 Å². The molecule has 0 spiro atoms. The van der Waals surface area contributed by atoms with Crippen LogP contribution in [0.2, 0.25) is 0 Å². The number of thioether (sulfide) groups is 1. The molecule has 6 nitrogen and oxygen atoms in total. The zero-order valence-corrected chi connectivity index (χ0v) is 14.1. The molecule has 0 unspecified atom stereocenters. The van der Waals surface area contributed by atoms with Crippen LogP contribution in [0.5, 0.6) is 0 Å². The average Bonchev–Trinajstić information content (AvgIpc) is 3.25. The third-order valence-electron chi connectivity index (χ3n) is 3.80. The summed E-state index contributed by atoms with van der Waals surface area (Å²) in [5, 5.41) is 10.4. The van der Waals surface area contributed by atoms with E-state index in [4.69, 9.17) is 4.74 Å². The summed E-state index contributed by atoms with van der Waals surface area (Å²) in [5.74, 6) is 0.517. The van der Waals surface area contributed by atoms with Gasteiger partial charge in [-0.05, 0) is 37.5 Å². The fourth-order valence-electron chi connectivity index (χ4n) is 2.51. The summed E-state index contributed by atoms with van der Waals surface area (Å²) in [6.45, 7) is 2.61. The lowest BCUT2D eigenvalue weighted by molar-refractivity contribution is -0.119. The van der Waals surface area contributed by atoms with E-state index < -0.39 is 0 Å². The predicted octanol–water partition coefficient (Wildman–Crippen LogP) is 2.76. The van der Waals surface area contributed by atoms with E-state index in [9.17, 15) is 9.18 Å². The molecule has 1 fully saturated rings. The molecule has 2 N–H and O–H groups in total. The molecule has 1 saturated heterocycles. The molecule has 0 bridgehead atoms. The molecule has 0 aliphatic carbocycles. The zero-order chi connectivity index (χ0) is 16.9. The largest absolute Gasteiger partial charge is 0.370 e. The van der Waals surface area contributed by atoms with Gasteiger partial charge in [-0.1, -0.05) is 23.9 Å². The number of carbonyl (C=O) groups is 1. The fraction of sp³-hybridized carbons (Fsp3) is 0.438. The topological polar surface area (TPSA) is 79.9 Å². The maximum atomic E-state index is 12.9. The van der Waals surface area contributed by atoms with Crippen LogP contribution >= 0.6 is 11.8 Å². The van der Waals surface area contributed by atoms with Crippen LogP contribution in [0.25, 0.3) is 0 Å². The Kier molecular flexibility index (Phi) is 5.47. The van der Waals surface area contributed by atoms with E-state index in [0.29, 0.717) is 5.16 Å². The van der Waals surface area contributed by atoms with Gasteiger partial charge < -0.3 is 10.1 Å². The van der Waals surface area contributed by atoms with E-state index >= 15 is 0 Å². The van der Waals surface area contributed by atoms with Gasteiger partial charge >= 0.3 is 0 Å². The SMILES string of the molecule is C[C@H](NC(=O)CSc1n[nH]c([C@@H]2CCCO2)n1)c1ccc(F)cc1. The Morgan fingerprint density at radius 1 is 1.50 bits per heavy atom. The highest BCUT2D eigenvalue weighted by Gasteiger charge is 2.21. The predicted molar refractivity (Wildman–Crippen MR) is 88.0 cm³/mol. The quantitative estimate of drug-likeness (QED) is 0.783. The Labute approximate surface area is 143 Å². The minimum Gasteiger partial charge on any atom is -0.370 e. The first kappa shape index (κ1) is 16.9. The molecule has 1 amide bonds. The zero-order valence-electron chi connectivity index (χ0n) is 13.3. The first-order chi connectivity index (χ1) is 11.6. The molecule has 1 aromatic carbocycles. The number of halogens is 1. The number of amides is 1. The van der Waals surface area contributed by atoms with Crippen LogP contribution in [-0.4, -0.2) is 33.4 Å². The molecule has 8 heteroatoms. The number of carbonyl (C=O) groups excluding carboxylic acids is 1. The van der Waals surface area contributed by atoms with Crippen molar-refractivity contribution in [2.75, 3.05) is 12.4 Å².